The highest BCUT2D eigenvalue weighted by Gasteiger charge is 2.22. The SMILES string of the molecule is Cl.O=C(Nc1ccc(C(=O)N2CCCC2)cc1)C1CCNCC1. The number of rotatable bonds is 3. The van der Waals surface area contributed by atoms with Crippen LogP contribution in [-0.2, 0) is 4.79 Å². The number of piperidine rings is 1. The van der Waals surface area contributed by atoms with Gasteiger partial charge < -0.3 is 15.5 Å². The zero-order valence-corrected chi connectivity index (χ0v) is 14.0. The largest absolute Gasteiger partial charge is 0.339 e. The Morgan fingerprint density at radius 3 is 2.26 bits per heavy atom. The van der Waals surface area contributed by atoms with Crippen molar-refractivity contribution in [3.05, 3.63) is 29.8 Å². The molecule has 0 saturated carbocycles. The molecule has 6 heteroatoms. The molecule has 0 aliphatic carbocycles. The fraction of sp³-hybridized carbons (Fsp3) is 0.529. The van der Waals surface area contributed by atoms with Crippen molar-refractivity contribution < 1.29 is 9.59 Å². The molecule has 1 aromatic rings. The molecule has 23 heavy (non-hydrogen) atoms. The number of benzene rings is 1. The smallest absolute Gasteiger partial charge is 0.253 e. The van der Waals surface area contributed by atoms with Gasteiger partial charge in [0.1, 0.15) is 0 Å². The number of anilines is 1. The van der Waals surface area contributed by atoms with Gasteiger partial charge in [-0.15, -0.1) is 12.4 Å². The number of hydrogen-bond donors (Lipinski definition) is 2. The molecule has 2 aliphatic rings. The summed E-state index contributed by atoms with van der Waals surface area (Å²) in [6.45, 7) is 3.52. The van der Waals surface area contributed by atoms with E-state index in [1.54, 1.807) is 12.1 Å². The third-order valence-electron chi connectivity index (χ3n) is 4.50. The number of nitrogens with one attached hydrogen (secondary N) is 2. The molecule has 3 rings (SSSR count). The van der Waals surface area contributed by atoms with Gasteiger partial charge in [0.2, 0.25) is 5.91 Å². The predicted molar refractivity (Wildman–Crippen MR) is 93.1 cm³/mol. The van der Waals surface area contributed by atoms with Gasteiger partial charge in [0.15, 0.2) is 0 Å². The van der Waals surface area contributed by atoms with Crippen molar-refractivity contribution in [3.8, 4) is 0 Å². The summed E-state index contributed by atoms with van der Waals surface area (Å²) in [5, 5.41) is 6.21. The van der Waals surface area contributed by atoms with Crippen LogP contribution in [0, 0.1) is 5.92 Å². The Labute approximate surface area is 143 Å². The molecule has 5 nitrogen and oxygen atoms in total. The van der Waals surface area contributed by atoms with E-state index < -0.39 is 0 Å². The van der Waals surface area contributed by atoms with Crippen molar-refractivity contribution in [2.75, 3.05) is 31.5 Å². The Hall–Kier alpha value is -1.59. The molecule has 2 N–H and O–H groups in total. The van der Waals surface area contributed by atoms with Crippen LogP contribution in [0.5, 0.6) is 0 Å². The summed E-state index contributed by atoms with van der Waals surface area (Å²) >= 11 is 0. The van der Waals surface area contributed by atoms with Crippen LogP contribution in [0.15, 0.2) is 24.3 Å². The number of hydrogen-bond acceptors (Lipinski definition) is 3. The van der Waals surface area contributed by atoms with E-state index in [0.29, 0.717) is 5.56 Å². The molecule has 2 aliphatic heterocycles. The molecular weight excluding hydrogens is 314 g/mol. The van der Waals surface area contributed by atoms with E-state index in [2.05, 4.69) is 10.6 Å². The van der Waals surface area contributed by atoms with Crippen molar-refractivity contribution in [2.24, 2.45) is 5.92 Å². The number of nitrogens with zero attached hydrogens (tertiary/aromatic N) is 1. The highest BCUT2D eigenvalue weighted by molar-refractivity contribution is 5.96. The van der Waals surface area contributed by atoms with Crippen LogP contribution < -0.4 is 10.6 Å². The minimum Gasteiger partial charge on any atom is -0.339 e. The molecule has 2 fully saturated rings. The van der Waals surface area contributed by atoms with Crippen LogP contribution in [0.4, 0.5) is 5.69 Å². The van der Waals surface area contributed by atoms with E-state index in [0.717, 1.165) is 57.5 Å². The van der Waals surface area contributed by atoms with Crippen LogP contribution >= 0.6 is 12.4 Å². The summed E-state index contributed by atoms with van der Waals surface area (Å²) < 4.78 is 0. The van der Waals surface area contributed by atoms with Crippen LogP contribution in [0.3, 0.4) is 0 Å². The van der Waals surface area contributed by atoms with Crippen LogP contribution in [0.2, 0.25) is 0 Å². The normalized spacial score (nSPS) is 18.3. The van der Waals surface area contributed by atoms with Gasteiger partial charge in [-0.2, -0.15) is 0 Å². The molecule has 2 heterocycles. The van der Waals surface area contributed by atoms with Gasteiger partial charge in [-0.1, -0.05) is 0 Å². The molecular formula is C17H24ClN3O2. The fourth-order valence-corrected chi connectivity index (χ4v) is 3.13. The zero-order valence-electron chi connectivity index (χ0n) is 13.2. The molecule has 2 amide bonds. The lowest BCUT2D eigenvalue weighted by Gasteiger charge is -2.21. The van der Waals surface area contributed by atoms with Gasteiger partial charge in [-0.05, 0) is 63.0 Å². The minimum absolute atomic E-state index is 0. The molecule has 0 bridgehead atoms. The van der Waals surface area contributed by atoms with Gasteiger partial charge >= 0.3 is 0 Å². The highest BCUT2D eigenvalue weighted by Crippen LogP contribution is 2.18. The quantitative estimate of drug-likeness (QED) is 0.889. The Morgan fingerprint density at radius 2 is 1.65 bits per heavy atom. The zero-order chi connectivity index (χ0) is 15.4. The van der Waals surface area contributed by atoms with Crippen molar-refractivity contribution in [1.29, 1.82) is 0 Å². The molecule has 0 atom stereocenters. The predicted octanol–water partition coefficient (Wildman–Crippen LogP) is 2.28. The summed E-state index contributed by atoms with van der Waals surface area (Å²) in [6.07, 6.45) is 3.96. The van der Waals surface area contributed by atoms with Gasteiger partial charge in [-0.25, -0.2) is 0 Å². The maximum absolute atomic E-state index is 12.3. The van der Waals surface area contributed by atoms with Crippen LogP contribution in [0.25, 0.3) is 0 Å². The molecule has 0 radical (unpaired) electrons. The van der Waals surface area contributed by atoms with E-state index in [1.807, 2.05) is 17.0 Å². The summed E-state index contributed by atoms with van der Waals surface area (Å²) in [5.74, 6) is 0.265. The second kappa shape index (κ2) is 8.31. The third-order valence-corrected chi connectivity index (χ3v) is 4.50. The standard InChI is InChI=1S/C17H23N3O2.ClH/c21-16(13-7-9-18-10-8-13)19-15-5-3-14(4-6-15)17(22)20-11-1-2-12-20;/h3-6,13,18H,1-2,7-12H2,(H,19,21);1H. The van der Waals surface area contributed by atoms with Crippen LogP contribution in [-0.4, -0.2) is 42.9 Å². The van der Waals surface area contributed by atoms with E-state index in [4.69, 9.17) is 0 Å². The summed E-state index contributed by atoms with van der Waals surface area (Å²) in [7, 11) is 0. The van der Waals surface area contributed by atoms with Crippen molar-refractivity contribution >= 4 is 29.9 Å². The second-order valence-electron chi connectivity index (χ2n) is 6.09. The summed E-state index contributed by atoms with van der Waals surface area (Å²) in [6, 6.07) is 7.25. The summed E-state index contributed by atoms with van der Waals surface area (Å²) in [5.41, 5.74) is 1.46. The Balaban J connectivity index is 0.00000192. The Bertz CT molecular complexity index is 535. The number of carbonyl (C=O) groups excluding carboxylic acids is 2. The summed E-state index contributed by atoms with van der Waals surface area (Å²) in [4.78, 5) is 26.3. The topological polar surface area (TPSA) is 61.4 Å². The maximum atomic E-state index is 12.3. The molecule has 1 aromatic carbocycles. The minimum atomic E-state index is 0. The lowest BCUT2D eigenvalue weighted by atomic mass is 9.97. The van der Waals surface area contributed by atoms with Crippen molar-refractivity contribution in [2.45, 2.75) is 25.7 Å². The second-order valence-corrected chi connectivity index (χ2v) is 6.09. The molecule has 126 valence electrons. The number of halogens is 1. The molecule has 0 spiro atoms. The molecule has 0 unspecified atom stereocenters. The van der Waals surface area contributed by atoms with E-state index in [9.17, 15) is 9.59 Å². The van der Waals surface area contributed by atoms with Crippen molar-refractivity contribution in [1.82, 2.24) is 10.2 Å². The number of carbonyl (C=O) groups is 2. The first-order chi connectivity index (χ1) is 10.7. The van der Waals surface area contributed by atoms with E-state index in [-0.39, 0.29) is 30.1 Å². The third kappa shape index (κ3) is 4.45. The van der Waals surface area contributed by atoms with Gasteiger partial charge in [-0.3, -0.25) is 9.59 Å². The number of likely N-dealkylation sites (tertiary alicyclic amines) is 1. The average molecular weight is 338 g/mol. The van der Waals surface area contributed by atoms with E-state index in [1.165, 1.54) is 0 Å². The molecule has 0 aromatic heterocycles. The maximum Gasteiger partial charge on any atom is 0.253 e. The van der Waals surface area contributed by atoms with Gasteiger partial charge in [0.05, 0.1) is 0 Å². The first-order valence-corrected chi connectivity index (χ1v) is 8.15. The number of amides is 2. The van der Waals surface area contributed by atoms with Gasteiger partial charge in [0, 0.05) is 30.3 Å². The van der Waals surface area contributed by atoms with Crippen LogP contribution in [0.1, 0.15) is 36.0 Å². The van der Waals surface area contributed by atoms with Gasteiger partial charge in [0.25, 0.3) is 5.91 Å². The lowest BCUT2D eigenvalue weighted by molar-refractivity contribution is -0.120. The lowest BCUT2D eigenvalue weighted by Crippen LogP contribution is -2.34. The average Bonchev–Trinajstić information content (AvgIpc) is 3.10. The fourth-order valence-electron chi connectivity index (χ4n) is 3.13. The van der Waals surface area contributed by atoms with E-state index >= 15 is 0 Å². The first-order valence-electron chi connectivity index (χ1n) is 8.15. The Kier molecular flexibility index (Phi) is 6.42. The first kappa shape index (κ1) is 17.8. The molecule has 2 saturated heterocycles. The van der Waals surface area contributed by atoms with Crippen molar-refractivity contribution in [3.63, 3.8) is 0 Å². The highest BCUT2D eigenvalue weighted by atomic mass is 35.5. The Morgan fingerprint density at radius 1 is 1.04 bits per heavy atom. The monoisotopic (exact) mass is 337 g/mol.